The Balaban J connectivity index is 1.66. The minimum Gasteiger partial charge on any atom is -0.464 e. The topological polar surface area (TPSA) is 25.2 Å². The molecule has 1 aliphatic rings. The minimum absolute atomic E-state index is 0.652. The molecule has 0 aliphatic heterocycles. The lowest BCUT2D eigenvalue weighted by Gasteiger charge is -2.08. The van der Waals surface area contributed by atoms with Gasteiger partial charge in [0.2, 0.25) is 0 Å². The standard InChI is InChI=1S/C16H18BrNO/c1-10-4-3-5-14(16(10)17)18-9-12-6-7-15(19-12)13-8-11(13)2/h3-7,11,13,18H,8-9H2,1-2H3. The van der Waals surface area contributed by atoms with Crippen molar-refractivity contribution < 1.29 is 4.42 Å². The van der Waals surface area contributed by atoms with Gasteiger partial charge >= 0.3 is 0 Å². The van der Waals surface area contributed by atoms with Crippen LogP contribution in [0.3, 0.4) is 0 Å². The zero-order valence-electron chi connectivity index (χ0n) is 11.2. The molecule has 3 rings (SSSR count). The lowest BCUT2D eigenvalue weighted by molar-refractivity contribution is 0.468. The fourth-order valence-electron chi connectivity index (χ4n) is 2.37. The number of furan rings is 1. The number of hydrogen-bond acceptors (Lipinski definition) is 2. The average molecular weight is 320 g/mol. The summed E-state index contributed by atoms with van der Waals surface area (Å²) in [6.07, 6.45) is 1.27. The number of halogens is 1. The van der Waals surface area contributed by atoms with Crippen molar-refractivity contribution in [3.8, 4) is 0 Å². The molecular weight excluding hydrogens is 302 g/mol. The van der Waals surface area contributed by atoms with E-state index < -0.39 is 0 Å². The van der Waals surface area contributed by atoms with Crippen molar-refractivity contribution in [2.24, 2.45) is 5.92 Å². The van der Waals surface area contributed by atoms with Gasteiger partial charge < -0.3 is 9.73 Å². The van der Waals surface area contributed by atoms with Crippen LogP contribution in [0.2, 0.25) is 0 Å². The number of aryl methyl sites for hydroxylation is 1. The van der Waals surface area contributed by atoms with Crippen molar-refractivity contribution in [3.05, 3.63) is 51.9 Å². The van der Waals surface area contributed by atoms with Crippen LogP contribution in [-0.4, -0.2) is 0 Å². The van der Waals surface area contributed by atoms with Gasteiger partial charge in [-0.1, -0.05) is 19.1 Å². The van der Waals surface area contributed by atoms with E-state index in [0.29, 0.717) is 5.92 Å². The Morgan fingerprint density at radius 2 is 2.11 bits per heavy atom. The highest BCUT2D eigenvalue weighted by Gasteiger charge is 2.36. The maximum absolute atomic E-state index is 5.89. The predicted molar refractivity (Wildman–Crippen MR) is 81.4 cm³/mol. The van der Waals surface area contributed by atoms with Crippen LogP contribution in [-0.2, 0) is 6.54 Å². The summed E-state index contributed by atoms with van der Waals surface area (Å²) in [7, 11) is 0. The first-order chi connectivity index (χ1) is 9.15. The van der Waals surface area contributed by atoms with Crippen molar-refractivity contribution in [2.45, 2.75) is 32.7 Å². The highest BCUT2D eigenvalue weighted by Crippen LogP contribution is 2.47. The monoisotopic (exact) mass is 319 g/mol. The molecule has 0 radical (unpaired) electrons. The van der Waals surface area contributed by atoms with E-state index in [-0.39, 0.29) is 0 Å². The van der Waals surface area contributed by atoms with Crippen LogP contribution in [0.4, 0.5) is 5.69 Å². The van der Waals surface area contributed by atoms with Crippen LogP contribution in [0.1, 0.15) is 36.3 Å². The van der Waals surface area contributed by atoms with Crippen molar-refractivity contribution in [1.29, 1.82) is 0 Å². The minimum atomic E-state index is 0.652. The Labute approximate surface area is 122 Å². The highest BCUT2D eigenvalue weighted by atomic mass is 79.9. The van der Waals surface area contributed by atoms with Crippen LogP contribution in [0, 0.1) is 12.8 Å². The Hall–Kier alpha value is -1.22. The maximum atomic E-state index is 5.89. The molecular formula is C16H18BrNO. The number of rotatable bonds is 4. The van der Waals surface area contributed by atoms with Gasteiger partial charge in [-0.25, -0.2) is 0 Å². The maximum Gasteiger partial charge on any atom is 0.123 e. The highest BCUT2D eigenvalue weighted by molar-refractivity contribution is 9.10. The first-order valence-corrected chi connectivity index (χ1v) is 7.52. The molecule has 1 heterocycles. The van der Waals surface area contributed by atoms with E-state index in [1.165, 1.54) is 12.0 Å². The normalized spacial score (nSPS) is 21.4. The molecule has 19 heavy (non-hydrogen) atoms. The molecule has 1 aliphatic carbocycles. The Morgan fingerprint density at radius 3 is 2.84 bits per heavy atom. The molecule has 100 valence electrons. The van der Waals surface area contributed by atoms with E-state index in [1.807, 2.05) is 0 Å². The molecule has 1 aromatic carbocycles. The van der Waals surface area contributed by atoms with Crippen molar-refractivity contribution >= 4 is 21.6 Å². The van der Waals surface area contributed by atoms with Gasteiger partial charge in [0.25, 0.3) is 0 Å². The molecule has 2 atom stereocenters. The molecule has 3 heteroatoms. The quantitative estimate of drug-likeness (QED) is 0.849. The van der Waals surface area contributed by atoms with Crippen molar-refractivity contribution in [1.82, 2.24) is 0 Å². The summed E-state index contributed by atoms with van der Waals surface area (Å²) >= 11 is 3.61. The number of benzene rings is 1. The summed E-state index contributed by atoms with van der Waals surface area (Å²) in [5.41, 5.74) is 2.34. The third-order valence-electron chi connectivity index (χ3n) is 3.80. The first kappa shape index (κ1) is 12.8. The van der Waals surface area contributed by atoms with Gasteiger partial charge in [-0.15, -0.1) is 0 Å². The summed E-state index contributed by atoms with van der Waals surface area (Å²) in [6, 6.07) is 10.4. The molecule has 0 bridgehead atoms. The van der Waals surface area contributed by atoms with Gasteiger partial charge in [-0.05, 0) is 59.0 Å². The van der Waals surface area contributed by atoms with Gasteiger partial charge in [-0.2, -0.15) is 0 Å². The third-order valence-corrected chi connectivity index (χ3v) is 4.85. The van der Waals surface area contributed by atoms with Crippen molar-refractivity contribution in [3.63, 3.8) is 0 Å². The molecule has 1 fully saturated rings. The zero-order valence-corrected chi connectivity index (χ0v) is 12.8. The predicted octanol–water partition coefficient (Wildman–Crippen LogP) is 5.09. The fourth-order valence-corrected chi connectivity index (χ4v) is 2.78. The van der Waals surface area contributed by atoms with E-state index >= 15 is 0 Å². The zero-order chi connectivity index (χ0) is 13.4. The Kier molecular flexibility index (Phi) is 3.40. The van der Waals surface area contributed by atoms with Crippen LogP contribution < -0.4 is 5.32 Å². The molecule has 0 spiro atoms. The largest absolute Gasteiger partial charge is 0.464 e. The summed E-state index contributed by atoms with van der Waals surface area (Å²) in [5, 5.41) is 3.41. The molecule has 1 saturated carbocycles. The van der Waals surface area contributed by atoms with E-state index in [0.717, 1.165) is 34.1 Å². The van der Waals surface area contributed by atoms with Crippen LogP contribution in [0.25, 0.3) is 0 Å². The molecule has 1 N–H and O–H groups in total. The smallest absolute Gasteiger partial charge is 0.123 e. The van der Waals surface area contributed by atoms with Gasteiger partial charge in [0, 0.05) is 16.1 Å². The third kappa shape index (κ3) is 2.71. The molecule has 1 aromatic heterocycles. The molecule has 0 saturated heterocycles. The Bertz CT molecular complexity index is 590. The molecule has 2 nitrogen and oxygen atoms in total. The molecule has 2 unspecified atom stereocenters. The van der Waals surface area contributed by atoms with Gasteiger partial charge in [0.1, 0.15) is 11.5 Å². The summed E-state index contributed by atoms with van der Waals surface area (Å²) in [4.78, 5) is 0. The SMILES string of the molecule is Cc1cccc(NCc2ccc(C3CC3C)o2)c1Br. The first-order valence-electron chi connectivity index (χ1n) is 6.72. The second-order valence-electron chi connectivity index (χ2n) is 5.41. The van der Waals surface area contributed by atoms with Crippen LogP contribution >= 0.6 is 15.9 Å². The lowest BCUT2D eigenvalue weighted by Crippen LogP contribution is -1.99. The van der Waals surface area contributed by atoms with E-state index in [9.17, 15) is 0 Å². The van der Waals surface area contributed by atoms with E-state index in [2.05, 4.69) is 65.4 Å². The number of hydrogen-bond donors (Lipinski definition) is 1. The second-order valence-corrected chi connectivity index (χ2v) is 6.21. The summed E-state index contributed by atoms with van der Waals surface area (Å²) in [6.45, 7) is 5.09. The second kappa shape index (κ2) is 5.04. The molecule has 0 amide bonds. The van der Waals surface area contributed by atoms with Gasteiger partial charge in [0.15, 0.2) is 0 Å². The van der Waals surface area contributed by atoms with Crippen molar-refractivity contribution in [2.75, 3.05) is 5.32 Å². The van der Waals surface area contributed by atoms with Gasteiger partial charge in [-0.3, -0.25) is 0 Å². The van der Waals surface area contributed by atoms with E-state index in [4.69, 9.17) is 4.42 Å². The van der Waals surface area contributed by atoms with E-state index in [1.54, 1.807) is 0 Å². The van der Waals surface area contributed by atoms with Crippen LogP contribution in [0.15, 0.2) is 39.2 Å². The summed E-state index contributed by atoms with van der Waals surface area (Å²) < 4.78 is 7.01. The average Bonchev–Trinajstić information content (AvgIpc) is 2.94. The number of nitrogens with one attached hydrogen (secondary N) is 1. The van der Waals surface area contributed by atoms with Crippen LogP contribution in [0.5, 0.6) is 0 Å². The summed E-state index contributed by atoms with van der Waals surface area (Å²) in [5.74, 6) is 3.59. The number of anilines is 1. The lowest BCUT2D eigenvalue weighted by atomic mass is 10.2. The fraction of sp³-hybridized carbons (Fsp3) is 0.375. The Morgan fingerprint density at radius 1 is 1.32 bits per heavy atom. The molecule has 2 aromatic rings. The van der Waals surface area contributed by atoms with Gasteiger partial charge in [0.05, 0.1) is 6.54 Å².